The van der Waals surface area contributed by atoms with Crippen LogP contribution in [0, 0.1) is 0 Å². The molecule has 2 aliphatic rings. The van der Waals surface area contributed by atoms with E-state index >= 15 is 0 Å². The Bertz CT molecular complexity index is 569. The van der Waals surface area contributed by atoms with E-state index in [0.717, 1.165) is 43.6 Å². The Labute approximate surface area is 144 Å². The molecule has 5 heteroatoms. The molecular formula is C19H28N2O3. The minimum absolute atomic E-state index is 0.0252. The maximum atomic E-state index is 12.6. The zero-order valence-corrected chi connectivity index (χ0v) is 14.7. The molecule has 1 N–H and O–H groups in total. The van der Waals surface area contributed by atoms with Crippen molar-refractivity contribution in [2.75, 3.05) is 20.8 Å². The van der Waals surface area contributed by atoms with Crippen molar-refractivity contribution < 1.29 is 14.3 Å². The van der Waals surface area contributed by atoms with E-state index in [9.17, 15) is 4.79 Å². The third-order valence-corrected chi connectivity index (χ3v) is 5.28. The van der Waals surface area contributed by atoms with E-state index in [1.165, 1.54) is 12.8 Å². The van der Waals surface area contributed by atoms with E-state index < -0.39 is 0 Å². The van der Waals surface area contributed by atoms with Crippen molar-refractivity contribution in [3.63, 3.8) is 0 Å². The van der Waals surface area contributed by atoms with Gasteiger partial charge in [-0.1, -0.05) is 31.0 Å². The van der Waals surface area contributed by atoms with Crippen molar-refractivity contribution in [1.82, 2.24) is 10.2 Å². The molecule has 5 nitrogen and oxygen atoms in total. The average Bonchev–Trinajstić information content (AvgIpc) is 3.03. The highest BCUT2D eigenvalue weighted by Gasteiger charge is 2.40. The van der Waals surface area contributed by atoms with Gasteiger partial charge in [-0.3, -0.25) is 0 Å². The zero-order chi connectivity index (χ0) is 17.0. The van der Waals surface area contributed by atoms with Gasteiger partial charge in [-0.25, -0.2) is 4.79 Å². The predicted molar refractivity (Wildman–Crippen MR) is 93.2 cm³/mol. The molecule has 1 aromatic carbocycles. The number of benzene rings is 1. The summed E-state index contributed by atoms with van der Waals surface area (Å²) in [5, 5.41) is 3.19. The van der Waals surface area contributed by atoms with Crippen molar-refractivity contribution >= 4 is 6.03 Å². The largest absolute Gasteiger partial charge is 0.496 e. The molecule has 0 aromatic heterocycles. The number of ether oxygens (including phenoxy) is 2. The summed E-state index contributed by atoms with van der Waals surface area (Å²) in [6.45, 7) is 1.28. The lowest BCUT2D eigenvalue weighted by molar-refractivity contribution is -0.0823. The number of para-hydroxylation sites is 1. The summed E-state index contributed by atoms with van der Waals surface area (Å²) in [5.74, 6) is 0.813. The van der Waals surface area contributed by atoms with Gasteiger partial charge in [0.05, 0.1) is 19.3 Å². The Balaban J connectivity index is 1.56. The van der Waals surface area contributed by atoms with Crippen LogP contribution in [0.2, 0.25) is 0 Å². The van der Waals surface area contributed by atoms with Crippen molar-refractivity contribution in [3.8, 4) is 5.75 Å². The molecule has 1 aliphatic heterocycles. The molecule has 0 radical (unpaired) electrons. The van der Waals surface area contributed by atoms with Crippen LogP contribution in [-0.4, -0.2) is 43.3 Å². The first-order valence-corrected chi connectivity index (χ1v) is 8.89. The van der Waals surface area contributed by atoms with Crippen LogP contribution in [0.5, 0.6) is 5.75 Å². The summed E-state index contributed by atoms with van der Waals surface area (Å²) in [7, 11) is 3.48. The Hall–Kier alpha value is -1.75. The summed E-state index contributed by atoms with van der Waals surface area (Å²) >= 11 is 0. The van der Waals surface area contributed by atoms with Gasteiger partial charge in [-0.15, -0.1) is 0 Å². The Morgan fingerprint density at radius 1 is 1.38 bits per heavy atom. The number of nitrogens with one attached hydrogen (secondary N) is 1. The van der Waals surface area contributed by atoms with Crippen LogP contribution in [0.25, 0.3) is 0 Å². The van der Waals surface area contributed by atoms with Crippen LogP contribution < -0.4 is 10.1 Å². The normalized spacial score (nSPS) is 22.3. The second-order valence-corrected chi connectivity index (χ2v) is 7.05. The average molecular weight is 332 g/mol. The molecule has 1 unspecified atom stereocenters. The molecule has 1 spiro atoms. The second kappa shape index (κ2) is 7.43. The molecule has 3 rings (SSSR count). The molecular weight excluding hydrogens is 304 g/mol. The molecule has 1 aromatic rings. The maximum Gasteiger partial charge on any atom is 0.317 e. The number of nitrogens with zero attached hydrogens (tertiary/aromatic N) is 1. The molecule has 0 bridgehead atoms. The van der Waals surface area contributed by atoms with Crippen molar-refractivity contribution in [2.45, 2.75) is 56.7 Å². The van der Waals surface area contributed by atoms with E-state index in [2.05, 4.69) is 5.32 Å². The van der Waals surface area contributed by atoms with Gasteiger partial charge in [0.2, 0.25) is 0 Å². The molecule has 2 fully saturated rings. The number of methoxy groups -OCH3 is 1. The number of carbonyl (C=O) groups is 1. The topological polar surface area (TPSA) is 50.8 Å². The van der Waals surface area contributed by atoms with Crippen molar-refractivity contribution in [3.05, 3.63) is 29.8 Å². The first kappa shape index (κ1) is 17.1. The van der Waals surface area contributed by atoms with Gasteiger partial charge in [-0.05, 0) is 31.7 Å². The molecule has 132 valence electrons. The second-order valence-electron chi connectivity index (χ2n) is 7.05. The van der Waals surface area contributed by atoms with Gasteiger partial charge in [0.25, 0.3) is 0 Å². The highest BCUT2D eigenvalue weighted by molar-refractivity contribution is 5.74. The van der Waals surface area contributed by atoms with Gasteiger partial charge in [-0.2, -0.15) is 0 Å². The van der Waals surface area contributed by atoms with Crippen LogP contribution in [0.1, 0.15) is 44.1 Å². The van der Waals surface area contributed by atoms with Gasteiger partial charge in [0, 0.05) is 25.3 Å². The fraction of sp³-hybridized carbons (Fsp3) is 0.632. The smallest absolute Gasteiger partial charge is 0.317 e. The van der Waals surface area contributed by atoms with Crippen LogP contribution in [0.3, 0.4) is 0 Å². The lowest BCUT2D eigenvalue weighted by Crippen LogP contribution is -2.50. The van der Waals surface area contributed by atoms with Crippen molar-refractivity contribution in [2.24, 2.45) is 0 Å². The number of hydrogen-bond donors (Lipinski definition) is 1. The highest BCUT2D eigenvalue weighted by atomic mass is 16.5. The van der Waals surface area contributed by atoms with Gasteiger partial charge in [0.1, 0.15) is 5.75 Å². The van der Waals surface area contributed by atoms with Gasteiger partial charge < -0.3 is 19.7 Å². The maximum absolute atomic E-state index is 12.6. The molecule has 1 aliphatic carbocycles. The van der Waals surface area contributed by atoms with E-state index in [1.54, 1.807) is 12.0 Å². The zero-order valence-electron chi connectivity index (χ0n) is 14.7. The van der Waals surface area contributed by atoms with Crippen LogP contribution in [-0.2, 0) is 11.3 Å². The minimum atomic E-state index is -0.0269. The fourth-order valence-electron chi connectivity index (χ4n) is 3.96. The molecule has 1 atom stereocenters. The number of amides is 2. The molecule has 1 heterocycles. The molecule has 1 saturated heterocycles. The first-order valence-electron chi connectivity index (χ1n) is 8.89. The first-order chi connectivity index (χ1) is 11.6. The predicted octanol–water partition coefficient (Wildman–Crippen LogP) is 3.33. The molecule has 24 heavy (non-hydrogen) atoms. The van der Waals surface area contributed by atoms with Crippen molar-refractivity contribution in [1.29, 1.82) is 0 Å². The van der Waals surface area contributed by atoms with Gasteiger partial charge in [0.15, 0.2) is 0 Å². The lowest BCUT2D eigenvalue weighted by Gasteiger charge is -2.39. The summed E-state index contributed by atoms with van der Waals surface area (Å²) in [5.41, 5.74) is 1.04. The Morgan fingerprint density at radius 2 is 2.12 bits per heavy atom. The van der Waals surface area contributed by atoms with Crippen LogP contribution in [0.4, 0.5) is 4.79 Å². The van der Waals surface area contributed by atoms with E-state index in [1.807, 2.05) is 31.3 Å². The third-order valence-electron chi connectivity index (χ3n) is 5.28. The number of hydrogen-bond acceptors (Lipinski definition) is 3. The standard InChI is InChI=1S/C19H28N2O3/c1-21(14-15-7-3-4-8-17(15)23-2)18(22)20-16-9-12-24-19(13-16)10-5-6-11-19/h3-4,7-8,16H,5-6,9-14H2,1-2H3,(H,20,22). The number of rotatable bonds is 4. The summed E-state index contributed by atoms with van der Waals surface area (Å²) in [4.78, 5) is 14.3. The van der Waals surface area contributed by atoms with Crippen LogP contribution >= 0.6 is 0 Å². The highest BCUT2D eigenvalue weighted by Crippen LogP contribution is 2.40. The third kappa shape index (κ3) is 3.83. The SMILES string of the molecule is COc1ccccc1CN(C)C(=O)NC1CCOC2(CCCC2)C1. The summed E-state index contributed by atoms with van der Waals surface area (Å²) in [6.07, 6.45) is 6.60. The van der Waals surface area contributed by atoms with E-state index in [4.69, 9.17) is 9.47 Å². The Kier molecular flexibility index (Phi) is 5.29. The number of urea groups is 1. The monoisotopic (exact) mass is 332 g/mol. The lowest BCUT2D eigenvalue weighted by atomic mass is 9.89. The summed E-state index contributed by atoms with van der Waals surface area (Å²) in [6, 6.07) is 8.00. The van der Waals surface area contributed by atoms with Gasteiger partial charge >= 0.3 is 6.03 Å². The molecule has 2 amide bonds. The fourth-order valence-corrected chi connectivity index (χ4v) is 3.96. The number of carbonyl (C=O) groups excluding carboxylic acids is 1. The van der Waals surface area contributed by atoms with E-state index in [-0.39, 0.29) is 17.7 Å². The minimum Gasteiger partial charge on any atom is -0.496 e. The summed E-state index contributed by atoms with van der Waals surface area (Å²) < 4.78 is 11.4. The Morgan fingerprint density at radius 3 is 2.88 bits per heavy atom. The quantitative estimate of drug-likeness (QED) is 0.920. The van der Waals surface area contributed by atoms with E-state index in [0.29, 0.717) is 6.54 Å². The van der Waals surface area contributed by atoms with Crippen LogP contribution in [0.15, 0.2) is 24.3 Å². The molecule has 1 saturated carbocycles.